The minimum Gasteiger partial charge on any atom is -0.493 e. The van der Waals surface area contributed by atoms with Gasteiger partial charge in [0.2, 0.25) is 5.91 Å². The Hall–Kier alpha value is -3.33. The van der Waals surface area contributed by atoms with E-state index in [1.807, 2.05) is 6.07 Å². The Labute approximate surface area is 138 Å². The van der Waals surface area contributed by atoms with Crippen LogP contribution in [0.15, 0.2) is 48.5 Å². The summed E-state index contributed by atoms with van der Waals surface area (Å²) < 4.78 is 23.9. The number of nitriles is 1. The lowest BCUT2D eigenvalue weighted by Gasteiger charge is -2.08. The van der Waals surface area contributed by atoms with Gasteiger partial charge in [0.15, 0.2) is 18.1 Å². The Bertz CT molecular complexity index is 797. The van der Waals surface area contributed by atoms with Gasteiger partial charge in [0.1, 0.15) is 11.9 Å². The fourth-order valence-corrected chi connectivity index (χ4v) is 1.93. The van der Waals surface area contributed by atoms with E-state index in [1.165, 1.54) is 25.3 Å². The zero-order chi connectivity index (χ0) is 17.4. The number of nitrogens with zero attached hydrogens (tertiary/aromatic N) is 1. The molecule has 0 aliphatic carbocycles. The largest absolute Gasteiger partial charge is 0.493 e. The number of benzene rings is 2. The van der Waals surface area contributed by atoms with E-state index in [0.29, 0.717) is 17.1 Å². The van der Waals surface area contributed by atoms with Crippen LogP contribution in [0.1, 0.15) is 5.56 Å². The standard InChI is InChI=1S/C18H15FN2O3/c1-23-17-12-13(6-8-16(17)24-11-10-20)7-9-18(22)21-15-5-3-2-4-14(15)19/h2-9,12H,11H2,1H3,(H,21,22)/b9-7+. The molecule has 0 aliphatic rings. The van der Waals surface area contributed by atoms with E-state index in [0.717, 1.165) is 0 Å². The van der Waals surface area contributed by atoms with Crippen molar-refractivity contribution >= 4 is 17.7 Å². The Morgan fingerprint density at radius 2 is 2.08 bits per heavy atom. The molecule has 0 spiro atoms. The van der Waals surface area contributed by atoms with Crippen LogP contribution < -0.4 is 14.8 Å². The molecule has 2 rings (SSSR count). The summed E-state index contributed by atoms with van der Waals surface area (Å²) in [6.07, 6.45) is 2.85. The molecule has 1 N–H and O–H groups in total. The number of hydrogen-bond donors (Lipinski definition) is 1. The van der Waals surface area contributed by atoms with E-state index in [9.17, 15) is 9.18 Å². The summed E-state index contributed by atoms with van der Waals surface area (Å²) in [5.41, 5.74) is 0.810. The molecule has 0 heterocycles. The van der Waals surface area contributed by atoms with Crippen molar-refractivity contribution in [3.05, 3.63) is 59.9 Å². The Kier molecular flexibility index (Phi) is 5.92. The molecule has 0 atom stereocenters. The van der Waals surface area contributed by atoms with Crippen LogP contribution in [-0.2, 0) is 4.79 Å². The molecule has 0 unspecified atom stereocenters. The fourth-order valence-electron chi connectivity index (χ4n) is 1.93. The van der Waals surface area contributed by atoms with Gasteiger partial charge in [0.05, 0.1) is 12.8 Å². The number of hydrogen-bond acceptors (Lipinski definition) is 4. The summed E-state index contributed by atoms with van der Waals surface area (Å²) >= 11 is 0. The van der Waals surface area contributed by atoms with E-state index in [1.54, 1.807) is 36.4 Å². The van der Waals surface area contributed by atoms with Gasteiger partial charge in [-0.15, -0.1) is 0 Å². The first-order valence-electron chi connectivity index (χ1n) is 7.05. The van der Waals surface area contributed by atoms with Crippen LogP contribution in [0.4, 0.5) is 10.1 Å². The molecular formula is C18H15FN2O3. The highest BCUT2D eigenvalue weighted by Crippen LogP contribution is 2.28. The summed E-state index contributed by atoms with van der Waals surface area (Å²) in [6, 6.07) is 12.8. The number of ether oxygens (including phenoxy) is 2. The lowest BCUT2D eigenvalue weighted by Crippen LogP contribution is -2.09. The smallest absolute Gasteiger partial charge is 0.248 e. The van der Waals surface area contributed by atoms with E-state index >= 15 is 0 Å². The van der Waals surface area contributed by atoms with Gasteiger partial charge in [0, 0.05) is 6.08 Å². The lowest BCUT2D eigenvalue weighted by atomic mass is 10.2. The van der Waals surface area contributed by atoms with Crippen LogP contribution in [0, 0.1) is 17.1 Å². The van der Waals surface area contributed by atoms with Gasteiger partial charge in [-0.2, -0.15) is 5.26 Å². The number of anilines is 1. The number of carbonyl (C=O) groups is 1. The summed E-state index contributed by atoms with van der Waals surface area (Å²) in [4.78, 5) is 11.8. The molecule has 0 bridgehead atoms. The third-order valence-electron chi connectivity index (χ3n) is 3.04. The summed E-state index contributed by atoms with van der Waals surface area (Å²) in [6.45, 7) is -0.0867. The number of carbonyl (C=O) groups excluding carboxylic acids is 1. The fraction of sp³-hybridized carbons (Fsp3) is 0.111. The van der Waals surface area contributed by atoms with Crippen molar-refractivity contribution in [1.29, 1.82) is 5.26 Å². The first-order valence-corrected chi connectivity index (χ1v) is 7.05. The van der Waals surface area contributed by atoms with Gasteiger partial charge in [-0.3, -0.25) is 4.79 Å². The summed E-state index contributed by atoms with van der Waals surface area (Å²) in [5.74, 6) is -0.0716. The maximum absolute atomic E-state index is 13.5. The maximum atomic E-state index is 13.5. The van der Waals surface area contributed by atoms with Crippen molar-refractivity contribution in [2.75, 3.05) is 19.0 Å². The number of nitrogens with one attached hydrogen (secondary N) is 1. The second kappa shape index (κ2) is 8.34. The minimum absolute atomic E-state index is 0.0867. The van der Waals surface area contributed by atoms with E-state index in [-0.39, 0.29) is 12.3 Å². The molecule has 0 aromatic heterocycles. The van der Waals surface area contributed by atoms with Gasteiger partial charge >= 0.3 is 0 Å². The van der Waals surface area contributed by atoms with Crippen LogP contribution in [0.3, 0.4) is 0 Å². The monoisotopic (exact) mass is 326 g/mol. The van der Waals surface area contributed by atoms with E-state index in [4.69, 9.17) is 14.7 Å². The topological polar surface area (TPSA) is 71.3 Å². The molecule has 0 fully saturated rings. The highest BCUT2D eigenvalue weighted by molar-refractivity contribution is 6.02. The number of amides is 1. The van der Waals surface area contributed by atoms with Gasteiger partial charge < -0.3 is 14.8 Å². The van der Waals surface area contributed by atoms with Crippen LogP contribution in [0.25, 0.3) is 6.08 Å². The zero-order valence-corrected chi connectivity index (χ0v) is 13.0. The Morgan fingerprint density at radius 3 is 2.79 bits per heavy atom. The second-order valence-corrected chi connectivity index (χ2v) is 4.66. The van der Waals surface area contributed by atoms with Gasteiger partial charge in [-0.1, -0.05) is 18.2 Å². The average Bonchev–Trinajstić information content (AvgIpc) is 2.60. The molecule has 6 heteroatoms. The minimum atomic E-state index is -0.500. The lowest BCUT2D eigenvalue weighted by molar-refractivity contribution is -0.111. The molecule has 0 saturated carbocycles. The van der Waals surface area contributed by atoms with Crippen LogP contribution in [0.5, 0.6) is 11.5 Å². The number of rotatable bonds is 6. The van der Waals surface area contributed by atoms with E-state index in [2.05, 4.69) is 5.32 Å². The molecule has 0 saturated heterocycles. The molecule has 5 nitrogen and oxygen atoms in total. The molecule has 2 aromatic rings. The Balaban J connectivity index is 2.07. The molecule has 2 aromatic carbocycles. The normalized spacial score (nSPS) is 10.2. The molecule has 0 aliphatic heterocycles. The zero-order valence-electron chi connectivity index (χ0n) is 13.0. The van der Waals surface area contributed by atoms with Gasteiger partial charge in [0.25, 0.3) is 0 Å². The van der Waals surface area contributed by atoms with Gasteiger partial charge in [-0.25, -0.2) is 4.39 Å². The highest BCUT2D eigenvalue weighted by atomic mass is 19.1. The molecule has 24 heavy (non-hydrogen) atoms. The van der Waals surface area contributed by atoms with Crippen molar-refractivity contribution in [1.82, 2.24) is 0 Å². The van der Waals surface area contributed by atoms with Crippen molar-refractivity contribution < 1.29 is 18.7 Å². The van der Waals surface area contributed by atoms with Crippen molar-refractivity contribution in [3.63, 3.8) is 0 Å². The third-order valence-corrected chi connectivity index (χ3v) is 3.04. The molecular weight excluding hydrogens is 311 g/mol. The van der Waals surface area contributed by atoms with Crippen molar-refractivity contribution in [2.45, 2.75) is 0 Å². The first kappa shape index (κ1) is 17.0. The van der Waals surface area contributed by atoms with E-state index < -0.39 is 11.7 Å². The summed E-state index contributed by atoms with van der Waals surface area (Å²) in [5, 5.41) is 11.0. The second-order valence-electron chi connectivity index (χ2n) is 4.66. The van der Waals surface area contributed by atoms with Crippen LogP contribution >= 0.6 is 0 Å². The van der Waals surface area contributed by atoms with Crippen LogP contribution in [0.2, 0.25) is 0 Å². The number of halogens is 1. The number of para-hydroxylation sites is 1. The van der Waals surface area contributed by atoms with Crippen LogP contribution in [-0.4, -0.2) is 19.6 Å². The predicted molar refractivity (Wildman–Crippen MR) is 88.2 cm³/mol. The number of methoxy groups -OCH3 is 1. The highest BCUT2D eigenvalue weighted by Gasteiger charge is 2.06. The molecule has 122 valence electrons. The summed E-state index contributed by atoms with van der Waals surface area (Å²) in [7, 11) is 1.48. The average molecular weight is 326 g/mol. The first-order chi connectivity index (χ1) is 11.6. The van der Waals surface area contributed by atoms with Crippen molar-refractivity contribution in [2.24, 2.45) is 0 Å². The van der Waals surface area contributed by atoms with Gasteiger partial charge in [-0.05, 0) is 35.9 Å². The Morgan fingerprint density at radius 1 is 1.29 bits per heavy atom. The predicted octanol–water partition coefficient (Wildman–Crippen LogP) is 3.39. The third kappa shape index (κ3) is 4.58. The maximum Gasteiger partial charge on any atom is 0.248 e. The molecule has 0 radical (unpaired) electrons. The van der Waals surface area contributed by atoms with Crippen molar-refractivity contribution in [3.8, 4) is 17.6 Å². The SMILES string of the molecule is COc1cc(/C=C/C(=O)Nc2ccccc2F)ccc1OCC#N. The quantitative estimate of drug-likeness (QED) is 0.826. The molecule has 1 amide bonds.